The summed E-state index contributed by atoms with van der Waals surface area (Å²) < 4.78 is 35.7. The van der Waals surface area contributed by atoms with Gasteiger partial charge in [0.25, 0.3) is 0 Å². The molecular formula is C42H38N2O4S2. The highest BCUT2D eigenvalue weighted by Crippen LogP contribution is 2.52. The molecule has 1 N–H and O–H groups in total. The van der Waals surface area contributed by atoms with Crippen molar-refractivity contribution in [2.24, 2.45) is 0 Å². The number of anilines is 1. The lowest BCUT2D eigenvalue weighted by atomic mass is 9.84. The smallest absolute Gasteiger partial charge is 0.411 e. The second-order valence-electron chi connectivity index (χ2n) is 12.4. The van der Waals surface area contributed by atoms with Crippen LogP contribution in [-0.4, -0.2) is 43.3 Å². The fourth-order valence-corrected chi connectivity index (χ4v) is 10.6. The Morgan fingerprint density at radius 2 is 1.22 bits per heavy atom. The maximum atomic E-state index is 14.5. The van der Waals surface area contributed by atoms with Crippen molar-refractivity contribution in [2.45, 2.75) is 33.8 Å². The van der Waals surface area contributed by atoms with Crippen LogP contribution >= 0.6 is 11.8 Å². The predicted molar refractivity (Wildman–Crippen MR) is 203 cm³/mol. The Morgan fingerprint density at radius 3 is 1.80 bits per heavy atom. The number of para-hydroxylation sites is 1. The molecule has 8 heteroatoms. The first-order valence-electron chi connectivity index (χ1n) is 16.8. The molecule has 6 aromatic carbocycles. The molecule has 1 heterocycles. The van der Waals surface area contributed by atoms with Gasteiger partial charge in [-0.1, -0.05) is 140 Å². The van der Waals surface area contributed by atoms with Gasteiger partial charge in [0.1, 0.15) is 0 Å². The van der Waals surface area contributed by atoms with Gasteiger partial charge in [0.2, 0.25) is 10.0 Å². The second-order valence-corrected chi connectivity index (χ2v) is 15.8. The van der Waals surface area contributed by atoms with Crippen LogP contribution in [0.15, 0.2) is 169 Å². The van der Waals surface area contributed by atoms with E-state index in [-0.39, 0.29) is 22.8 Å². The molecule has 0 bridgehead atoms. The molecule has 1 amide bonds. The average molecular weight is 699 g/mol. The van der Waals surface area contributed by atoms with Gasteiger partial charge < -0.3 is 4.74 Å². The highest BCUT2D eigenvalue weighted by atomic mass is 32.2. The van der Waals surface area contributed by atoms with Crippen LogP contribution in [0.4, 0.5) is 10.5 Å². The lowest BCUT2D eigenvalue weighted by Crippen LogP contribution is -2.37. The molecule has 1 aliphatic rings. The summed E-state index contributed by atoms with van der Waals surface area (Å²) in [7, 11) is -3.90. The minimum absolute atomic E-state index is 0.0750. The zero-order valence-corrected chi connectivity index (χ0v) is 29.1. The highest BCUT2D eigenvalue weighted by molar-refractivity contribution is 8.01. The van der Waals surface area contributed by atoms with E-state index < -0.39 is 20.9 Å². The van der Waals surface area contributed by atoms with Crippen LogP contribution in [0.2, 0.25) is 0 Å². The Morgan fingerprint density at radius 1 is 0.700 bits per heavy atom. The van der Waals surface area contributed by atoms with Crippen molar-refractivity contribution < 1.29 is 17.9 Å². The van der Waals surface area contributed by atoms with E-state index in [1.807, 2.05) is 66.7 Å². The largest absolute Gasteiger partial charge is 0.449 e. The van der Waals surface area contributed by atoms with Crippen LogP contribution in [-0.2, 0) is 19.5 Å². The summed E-state index contributed by atoms with van der Waals surface area (Å²) in [6.07, 6.45) is 0.386. The van der Waals surface area contributed by atoms with Gasteiger partial charge in [-0.15, -0.1) is 11.8 Å². The van der Waals surface area contributed by atoms with E-state index in [4.69, 9.17) is 4.74 Å². The molecule has 252 valence electrons. The molecule has 7 rings (SSSR count). The number of rotatable bonds is 11. The summed E-state index contributed by atoms with van der Waals surface area (Å²) in [6.45, 7) is 0.389. The number of fused-ring (bicyclic) bond motifs is 1. The Hall–Kier alpha value is -4.89. The van der Waals surface area contributed by atoms with Crippen molar-refractivity contribution in [3.05, 3.63) is 180 Å². The molecular weight excluding hydrogens is 661 g/mol. The van der Waals surface area contributed by atoms with Crippen LogP contribution < -0.4 is 5.32 Å². The molecule has 6 aromatic rings. The maximum Gasteiger partial charge on any atom is 0.411 e. The average Bonchev–Trinajstić information content (AvgIpc) is 3.58. The van der Waals surface area contributed by atoms with Crippen molar-refractivity contribution in [3.63, 3.8) is 0 Å². The Balaban J connectivity index is 1.23. The number of nitrogens with one attached hydrogen (secondary N) is 1. The predicted octanol–water partition coefficient (Wildman–Crippen LogP) is 9.34. The first kappa shape index (κ1) is 33.6. The summed E-state index contributed by atoms with van der Waals surface area (Å²) in [5.41, 5.74) is 4.00. The van der Waals surface area contributed by atoms with E-state index in [2.05, 4.69) is 78.1 Å². The first-order chi connectivity index (χ1) is 24.4. The molecule has 1 aliphatic heterocycles. The minimum atomic E-state index is -3.90. The van der Waals surface area contributed by atoms with Crippen LogP contribution in [0.25, 0.3) is 10.8 Å². The molecule has 0 aliphatic carbocycles. The number of sulfonamides is 1. The third-order valence-electron chi connectivity index (χ3n) is 9.24. The number of benzene rings is 6. The minimum Gasteiger partial charge on any atom is -0.449 e. The van der Waals surface area contributed by atoms with Crippen molar-refractivity contribution in [1.29, 1.82) is 0 Å². The molecule has 0 spiro atoms. The van der Waals surface area contributed by atoms with Crippen molar-refractivity contribution in [2.75, 3.05) is 18.5 Å². The summed E-state index contributed by atoms with van der Waals surface area (Å²) in [5, 5.41) is 4.52. The van der Waals surface area contributed by atoms with Crippen molar-refractivity contribution in [1.82, 2.24) is 4.31 Å². The fraction of sp³-hybridized carbons (Fsp3) is 0.167. The first-order valence-corrected chi connectivity index (χ1v) is 19.1. The Kier molecular flexibility index (Phi) is 10.0. The monoisotopic (exact) mass is 698 g/mol. The molecule has 50 heavy (non-hydrogen) atoms. The van der Waals surface area contributed by atoms with Crippen LogP contribution in [0.1, 0.15) is 29.5 Å². The van der Waals surface area contributed by atoms with Crippen LogP contribution in [0.3, 0.4) is 0 Å². The van der Waals surface area contributed by atoms with Gasteiger partial charge in [0, 0.05) is 23.5 Å². The summed E-state index contributed by atoms with van der Waals surface area (Å²) >= 11 is 1.80. The van der Waals surface area contributed by atoms with Gasteiger partial charge in [-0.05, 0) is 64.6 Å². The van der Waals surface area contributed by atoms with Crippen molar-refractivity contribution >= 4 is 44.3 Å². The molecule has 0 radical (unpaired) electrons. The maximum absolute atomic E-state index is 14.5. The zero-order valence-electron chi connectivity index (χ0n) is 27.5. The van der Waals surface area contributed by atoms with E-state index >= 15 is 0 Å². The summed E-state index contributed by atoms with van der Waals surface area (Å²) in [6, 6.07) is 53.2. The van der Waals surface area contributed by atoms with Gasteiger partial charge in [0.15, 0.2) is 0 Å². The van der Waals surface area contributed by atoms with E-state index in [9.17, 15) is 13.2 Å². The zero-order chi connectivity index (χ0) is 34.4. The van der Waals surface area contributed by atoms with Gasteiger partial charge in [-0.3, -0.25) is 5.32 Å². The van der Waals surface area contributed by atoms with Crippen LogP contribution in [0.5, 0.6) is 0 Å². The van der Waals surface area contributed by atoms with Crippen molar-refractivity contribution in [3.8, 4) is 0 Å². The second kappa shape index (κ2) is 14.9. The fourth-order valence-electron chi connectivity index (χ4n) is 6.89. The third kappa shape index (κ3) is 7.05. The van der Waals surface area contributed by atoms with Gasteiger partial charge >= 0.3 is 6.09 Å². The highest BCUT2D eigenvalue weighted by Gasteiger charge is 2.46. The standard InChI is InChI=1S/C42H38N2O4S2/c45-41(43-37-23-11-4-12-24-37)48-28-27-38-30-39(31-44(38)50(46,47)40-26-25-32-15-13-14-16-33(32)29-40)49-42(34-17-5-1-6-18-34,35-19-7-2-8-20-35)36-21-9-3-10-22-36/h1-26,29,38-39H,27-28,30-31H2,(H,43,45). The molecule has 0 aromatic heterocycles. The number of carbonyl (C=O) groups excluding carboxylic acids is 1. The van der Waals surface area contributed by atoms with E-state index in [0.29, 0.717) is 25.1 Å². The van der Waals surface area contributed by atoms with Gasteiger partial charge in [0.05, 0.1) is 16.2 Å². The topological polar surface area (TPSA) is 75.7 Å². The Bertz CT molecular complexity index is 2050. The van der Waals surface area contributed by atoms with E-state index in [1.165, 1.54) is 0 Å². The number of amides is 1. The Labute approximate surface area is 298 Å². The molecule has 1 fully saturated rings. The summed E-state index contributed by atoms with van der Waals surface area (Å²) in [4.78, 5) is 12.9. The normalized spacial score (nSPS) is 16.6. The molecule has 2 unspecified atom stereocenters. The lowest BCUT2D eigenvalue weighted by molar-refractivity contribution is 0.152. The number of thioether (sulfide) groups is 1. The van der Waals surface area contributed by atoms with Crippen LogP contribution in [0, 0.1) is 0 Å². The number of carbonyl (C=O) groups is 1. The van der Waals surface area contributed by atoms with E-state index in [0.717, 1.165) is 27.5 Å². The SMILES string of the molecule is O=C(Nc1ccccc1)OCCC1CC(SC(c2ccccc2)(c2ccccc2)c2ccccc2)CN1S(=O)(=O)c1ccc2ccccc2c1. The number of hydrogen-bond acceptors (Lipinski definition) is 5. The molecule has 0 saturated carbocycles. The lowest BCUT2D eigenvalue weighted by Gasteiger charge is -2.37. The number of hydrogen-bond donors (Lipinski definition) is 1. The third-order valence-corrected chi connectivity index (χ3v) is 12.9. The molecule has 6 nitrogen and oxygen atoms in total. The van der Waals surface area contributed by atoms with Gasteiger partial charge in [-0.25, -0.2) is 13.2 Å². The summed E-state index contributed by atoms with van der Waals surface area (Å²) in [5.74, 6) is 0. The number of nitrogens with zero attached hydrogens (tertiary/aromatic N) is 1. The van der Waals surface area contributed by atoms with Gasteiger partial charge in [-0.2, -0.15) is 4.31 Å². The van der Waals surface area contributed by atoms with E-state index in [1.54, 1.807) is 40.3 Å². The quantitative estimate of drug-likeness (QED) is 0.137. The molecule has 1 saturated heterocycles. The number of ether oxygens (including phenoxy) is 1. The molecule has 2 atom stereocenters.